The number of hydrogen-bond acceptors (Lipinski definition) is 8. The number of thioether (sulfide) groups is 1. The van der Waals surface area contributed by atoms with Gasteiger partial charge in [0, 0.05) is 25.5 Å². The van der Waals surface area contributed by atoms with Crippen LogP contribution in [0.3, 0.4) is 0 Å². The largest absolute Gasteiger partial charge is 0.480 e. The van der Waals surface area contributed by atoms with Crippen LogP contribution >= 0.6 is 11.8 Å². The first-order valence-electron chi connectivity index (χ1n) is 6.90. The summed E-state index contributed by atoms with van der Waals surface area (Å²) in [5.74, 6) is -2.50. The Hall–Kier alpha value is -2.46. The standard InChI is InChI=1S/C14H14N2O7S/c1-15-14(21)11-10-12(20)8(5-7(17)13(10)23-16-11)24-4-2-3-22-6-9(18)19/h5H,2-4,6H2,1H3,(H,15,21)(H,18,19). The highest BCUT2D eigenvalue weighted by atomic mass is 32.2. The van der Waals surface area contributed by atoms with Crippen LogP contribution in [0.1, 0.15) is 37.8 Å². The van der Waals surface area contributed by atoms with Gasteiger partial charge in [0.2, 0.25) is 17.3 Å². The lowest BCUT2D eigenvalue weighted by atomic mass is 10.00. The predicted octanol–water partition coefficient (Wildman–Crippen LogP) is 0.522. The third-order valence-electron chi connectivity index (χ3n) is 2.99. The molecular weight excluding hydrogens is 340 g/mol. The first kappa shape index (κ1) is 17.9. The number of ketones is 2. The van der Waals surface area contributed by atoms with Crippen LogP contribution in [0.4, 0.5) is 0 Å². The zero-order valence-electron chi connectivity index (χ0n) is 12.7. The van der Waals surface area contributed by atoms with Gasteiger partial charge in [0.05, 0.1) is 4.91 Å². The molecule has 0 bridgehead atoms. The Kier molecular flexibility index (Phi) is 5.88. The van der Waals surface area contributed by atoms with Gasteiger partial charge in [-0.2, -0.15) is 0 Å². The topological polar surface area (TPSA) is 136 Å². The number of nitrogens with zero attached hydrogens (tertiary/aromatic N) is 1. The second-order valence-electron chi connectivity index (χ2n) is 4.66. The first-order valence-corrected chi connectivity index (χ1v) is 7.89. The molecule has 0 aromatic carbocycles. The van der Waals surface area contributed by atoms with Crippen molar-refractivity contribution < 1.29 is 33.5 Å². The van der Waals surface area contributed by atoms with Crippen molar-refractivity contribution in [3.63, 3.8) is 0 Å². The van der Waals surface area contributed by atoms with Gasteiger partial charge >= 0.3 is 5.97 Å². The third-order valence-corrected chi connectivity index (χ3v) is 4.09. The number of carbonyl (C=O) groups is 4. The summed E-state index contributed by atoms with van der Waals surface area (Å²) < 4.78 is 9.69. The Morgan fingerprint density at radius 3 is 2.83 bits per heavy atom. The molecule has 1 aliphatic rings. The lowest BCUT2D eigenvalue weighted by Crippen LogP contribution is -2.23. The van der Waals surface area contributed by atoms with Gasteiger partial charge in [0.25, 0.3) is 5.91 Å². The molecule has 10 heteroatoms. The van der Waals surface area contributed by atoms with Gasteiger partial charge < -0.3 is 19.7 Å². The van der Waals surface area contributed by atoms with E-state index >= 15 is 0 Å². The molecule has 0 atom stereocenters. The number of carboxylic acids is 1. The average Bonchev–Trinajstić information content (AvgIpc) is 2.99. The highest BCUT2D eigenvalue weighted by Crippen LogP contribution is 2.30. The minimum absolute atomic E-state index is 0.133. The molecule has 128 valence electrons. The summed E-state index contributed by atoms with van der Waals surface area (Å²) in [5.41, 5.74) is -0.353. The number of aliphatic carboxylic acids is 1. The first-order chi connectivity index (χ1) is 11.5. The quantitative estimate of drug-likeness (QED) is 0.640. The average molecular weight is 354 g/mol. The maximum absolute atomic E-state index is 12.4. The normalized spacial score (nSPS) is 13.5. The number of nitrogens with one attached hydrogen (secondary N) is 1. The highest BCUT2D eigenvalue weighted by Gasteiger charge is 2.35. The Bertz CT molecular complexity index is 723. The summed E-state index contributed by atoms with van der Waals surface area (Å²) in [6.07, 6.45) is 1.64. The molecule has 2 N–H and O–H groups in total. The summed E-state index contributed by atoms with van der Waals surface area (Å²) in [6.45, 7) is -0.166. The number of carbonyl (C=O) groups excluding carboxylic acids is 3. The Morgan fingerprint density at radius 1 is 1.42 bits per heavy atom. The van der Waals surface area contributed by atoms with Gasteiger partial charge in [-0.25, -0.2) is 4.79 Å². The van der Waals surface area contributed by atoms with E-state index in [2.05, 4.69) is 10.5 Å². The van der Waals surface area contributed by atoms with Gasteiger partial charge in [-0.15, -0.1) is 11.8 Å². The molecule has 0 spiro atoms. The molecule has 0 fully saturated rings. The summed E-state index contributed by atoms with van der Waals surface area (Å²) >= 11 is 1.13. The molecule has 0 aliphatic heterocycles. The molecular formula is C14H14N2O7S. The van der Waals surface area contributed by atoms with Crippen LogP contribution in [0.2, 0.25) is 0 Å². The summed E-state index contributed by atoms with van der Waals surface area (Å²) in [7, 11) is 1.38. The van der Waals surface area contributed by atoms with Crippen molar-refractivity contribution in [2.75, 3.05) is 26.0 Å². The summed E-state index contributed by atoms with van der Waals surface area (Å²) in [4.78, 5) is 46.6. The SMILES string of the molecule is CNC(=O)c1noc2c1C(=O)C(SCCCOCC(=O)O)=CC2=O. The van der Waals surface area contributed by atoms with Crippen LogP contribution in [-0.4, -0.2) is 59.7 Å². The number of carboxylic acid groups (broad SMARTS) is 1. The summed E-state index contributed by atoms with van der Waals surface area (Å²) in [5, 5.41) is 14.3. The minimum atomic E-state index is -1.06. The fourth-order valence-electron chi connectivity index (χ4n) is 1.93. The fourth-order valence-corrected chi connectivity index (χ4v) is 2.83. The Morgan fingerprint density at radius 2 is 2.17 bits per heavy atom. The van der Waals surface area contributed by atoms with Gasteiger partial charge in [-0.1, -0.05) is 5.16 Å². The smallest absolute Gasteiger partial charge is 0.329 e. The van der Waals surface area contributed by atoms with Crippen LogP contribution in [0.15, 0.2) is 15.5 Å². The fraction of sp³-hybridized carbons (Fsp3) is 0.357. The van der Waals surface area contributed by atoms with E-state index in [1.807, 2.05) is 0 Å². The lowest BCUT2D eigenvalue weighted by molar-refractivity contribution is -0.142. The number of ether oxygens (including phenoxy) is 1. The van der Waals surface area contributed by atoms with Crippen molar-refractivity contribution >= 4 is 35.2 Å². The molecule has 24 heavy (non-hydrogen) atoms. The van der Waals surface area contributed by atoms with Crippen molar-refractivity contribution in [1.82, 2.24) is 10.5 Å². The van der Waals surface area contributed by atoms with Gasteiger partial charge in [-0.3, -0.25) is 14.4 Å². The van der Waals surface area contributed by atoms with Crippen LogP contribution in [0.25, 0.3) is 0 Å². The van der Waals surface area contributed by atoms with E-state index in [-0.39, 0.29) is 35.1 Å². The van der Waals surface area contributed by atoms with Gasteiger partial charge in [0.15, 0.2) is 5.69 Å². The Labute approximate surface area is 140 Å². The molecule has 1 aliphatic carbocycles. The van der Waals surface area contributed by atoms with E-state index in [9.17, 15) is 19.2 Å². The van der Waals surface area contributed by atoms with Gasteiger partial charge in [0.1, 0.15) is 12.2 Å². The second-order valence-corrected chi connectivity index (χ2v) is 5.80. The number of aromatic nitrogens is 1. The molecule has 1 amide bonds. The van der Waals surface area contributed by atoms with E-state index in [4.69, 9.17) is 14.4 Å². The molecule has 0 saturated heterocycles. The monoisotopic (exact) mass is 354 g/mol. The van der Waals surface area contributed by atoms with Crippen molar-refractivity contribution in [2.24, 2.45) is 0 Å². The zero-order chi connectivity index (χ0) is 17.7. The molecule has 9 nitrogen and oxygen atoms in total. The third kappa shape index (κ3) is 3.89. The Balaban J connectivity index is 2.00. The number of allylic oxidation sites excluding steroid dienone is 2. The molecule has 0 unspecified atom stereocenters. The highest BCUT2D eigenvalue weighted by molar-refractivity contribution is 8.04. The number of fused-ring (bicyclic) bond motifs is 1. The molecule has 2 rings (SSSR count). The van der Waals surface area contributed by atoms with Crippen molar-refractivity contribution in [1.29, 1.82) is 0 Å². The van der Waals surface area contributed by atoms with Gasteiger partial charge in [-0.05, 0) is 6.42 Å². The lowest BCUT2D eigenvalue weighted by Gasteiger charge is -2.10. The maximum Gasteiger partial charge on any atom is 0.329 e. The maximum atomic E-state index is 12.4. The summed E-state index contributed by atoms with van der Waals surface area (Å²) in [6, 6.07) is 0. The van der Waals surface area contributed by atoms with E-state index in [0.717, 1.165) is 17.8 Å². The molecule has 1 heterocycles. The molecule has 1 aromatic heterocycles. The van der Waals surface area contributed by atoms with E-state index in [0.29, 0.717) is 12.2 Å². The zero-order valence-corrected chi connectivity index (χ0v) is 13.5. The van der Waals surface area contributed by atoms with Crippen molar-refractivity contribution in [3.05, 3.63) is 28.0 Å². The van der Waals surface area contributed by atoms with Crippen molar-refractivity contribution in [3.8, 4) is 0 Å². The minimum Gasteiger partial charge on any atom is -0.480 e. The van der Waals surface area contributed by atoms with Crippen LogP contribution in [0.5, 0.6) is 0 Å². The second kappa shape index (κ2) is 7.88. The molecule has 0 radical (unpaired) electrons. The van der Waals surface area contributed by atoms with E-state index < -0.39 is 23.4 Å². The van der Waals surface area contributed by atoms with Crippen LogP contribution in [-0.2, 0) is 9.53 Å². The van der Waals surface area contributed by atoms with Crippen molar-refractivity contribution in [2.45, 2.75) is 6.42 Å². The molecule has 0 saturated carbocycles. The van der Waals surface area contributed by atoms with Crippen LogP contribution < -0.4 is 5.32 Å². The predicted molar refractivity (Wildman–Crippen MR) is 82.2 cm³/mol. The van der Waals surface area contributed by atoms with E-state index in [1.54, 1.807) is 0 Å². The molecule has 1 aromatic rings. The number of hydrogen-bond donors (Lipinski definition) is 2. The van der Waals surface area contributed by atoms with E-state index in [1.165, 1.54) is 7.05 Å². The van der Waals surface area contributed by atoms with Crippen LogP contribution in [0, 0.1) is 0 Å². The number of amides is 1. The number of Topliss-reactive ketones (excluding diaryl/α,β-unsaturated/α-hetero) is 1. The number of rotatable bonds is 8.